The number of anilines is 1. The number of imidazole rings is 1. The van der Waals surface area contributed by atoms with Crippen molar-refractivity contribution in [3.8, 4) is 0 Å². The van der Waals surface area contributed by atoms with Crippen molar-refractivity contribution in [2.75, 3.05) is 19.0 Å². The van der Waals surface area contributed by atoms with E-state index >= 15 is 0 Å². The molecule has 0 aliphatic carbocycles. The van der Waals surface area contributed by atoms with E-state index in [0.29, 0.717) is 0 Å². The second kappa shape index (κ2) is 3.25. The van der Waals surface area contributed by atoms with E-state index < -0.39 is 0 Å². The summed E-state index contributed by atoms with van der Waals surface area (Å²) in [4.78, 5) is 14.6. The third-order valence-corrected chi connectivity index (χ3v) is 2.15. The number of aromatic nitrogens is 4. The second-order valence-corrected chi connectivity index (χ2v) is 3.29. The molecule has 0 amide bonds. The van der Waals surface area contributed by atoms with Gasteiger partial charge in [0.2, 0.25) is 0 Å². The van der Waals surface area contributed by atoms with Crippen LogP contribution >= 0.6 is 0 Å². The van der Waals surface area contributed by atoms with Crippen LogP contribution in [-0.2, 0) is 6.54 Å². The van der Waals surface area contributed by atoms with E-state index in [1.54, 1.807) is 12.7 Å². The highest BCUT2D eigenvalue weighted by molar-refractivity contribution is 5.83. The van der Waals surface area contributed by atoms with Gasteiger partial charge in [-0.1, -0.05) is 0 Å². The highest BCUT2D eigenvalue weighted by Crippen LogP contribution is 2.19. The van der Waals surface area contributed by atoms with Crippen LogP contribution in [0.15, 0.2) is 12.7 Å². The molecule has 0 bridgehead atoms. The van der Waals surface area contributed by atoms with E-state index in [2.05, 4.69) is 21.9 Å². The minimum absolute atomic E-state index is 0.755. The van der Waals surface area contributed by atoms with Gasteiger partial charge in [-0.05, 0) is 6.92 Å². The summed E-state index contributed by atoms with van der Waals surface area (Å²) in [7, 11) is 3.93. The van der Waals surface area contributed by atoms with Gasteiger partial charge in [-0.25, -0.2) is 15.0 Å². The topological polar surface area (TPSA) is 46.8 Å². The van der Waals surface area contributed by atoms with Gasteiger partial charge in [-0.2, -0.15) is 0 Å². The molecule has 0 aliphatic rings. The van der Waals surface area contributed by atoms with E-state index in [9.17, 15) is 0 Å². The molecule has 2 heterocycles. The predicted molar refractivity (Wildman–Crippen MR) is 55.3 cm³/mol. The Morgan fingerprint density at radius 3 is 2.71 bits per heavy atom. The lowest BCUT2D eigenvalue weighted by Gasteiger charge is -2.12. The molecule has 0 unspecified atom stereocenters. The largest absolute Gasteiger partial charge is 0.361 e. The Balaban J connectivity index is 2.75. The number of hydrogen-bond acceptors (Lipinski definition) is 4. The minimum atomic E-state index is 0.755. The van der Waals surface area contributed by atoms with Crippen molar-refractivity contribution in [2.45, 2.75) is 13.5 Å². The van der Waals surface area contributed by atoms with E-state index in [0.717, 1.165) is 23.5 Å². The van der Waals surface area contributed by atoms with Crippen LogP contribution in [0, 0.1) is 0 Å². The van der Waals surface area contributed by atoms with E-state index in [-0.39, 0.29) is 0 Å². The Labute approximate surface area is 82.4 Å². The van der Waals surface area contributed by atoms with Crippen LogP contribution in [0.5, 0.6) is 0 Å². The predicted octanol–water partition coefficient (Wildman–Crippen LogP) is 0.912. The van der Waals surface area contributed by atoms with Gasteiger partial charge in [0.15, 0.2) is 11.5 Å². The van der Waals surface area contributed by atoms with Crippen LogP contribution in [0.4, 0.5) is 5.82 Å². The molecule has 0 N–H and O–H groups in total. The summed E-state index contributed by atoms with van der Waals surface area (Å²) in [6, 6.07) is 0. The average Bonchev–Trinajstić information content (AvgIpc) is 2.59. The first-order valence-electron chi connectivity index (χ1n) is 4.57. The first-order chi connectivity index (χ1) is 6.74. The van der Waals surface area contributed by atoms with Crippen molar-refractivity contribution in [1.82, 2.24) is 19.5 Å². The van der Waals surface area contributed by atoms with Crippen LogP contribution in [0.2, 0.25) is 0 Å². The summed E-state index contributed by atoms with van der Waals surface area (Å²) in [5, 5.41) is 0. The number of nitrogens with zero attached hydrogens (tertiary/aromatic N) is 5. The molecule has 0 saturated carbocycles. The summed E-state index contributed by atoms with van der Waals surface area (Å²) >= 11 is 0. The normalized spacial score (nSPS) is 10.8. The fraction of sp³-hybridized carbons (Fsp3) is 0.444. The van der Waals surface area contributed by atoms with Crippen molar-refractivity contribution in [3.63, 3.8) is 0 Å². The van der Waals surface area contributed by atoms with Gasteiger partial charge in [0.25, 0.3) is 0 Å². The van der Waals surface area contributed by atoms with E-state index in [1.807, 2.05) is 23.6 Å². The van der Waals surface area contributed by atoms with E-state index in [1.165, 1.54) is 0 Å². The lowest BCUT2D eigenvalue weighted by molar-refractivity contribution is 0.784. The van der Waals surface area contributed by atoms with Gasteiger partial charge >= 0.3 is 0 Å². The van der Waals surface area contributed by atoms with Gasteiger partial charge in [0.05, 0.1) is 6.33 Å². The molecule has 0 fully saturated rings. The molecule has 5 nitrogen and oxygen atoms in total. The van der Waals surface area contributed by atoms with Gasteiger partial charge in [-0.3, -0.25) is 0 Å². The zero-order valence-corrected chi connectivity index (χ0v) is 8.60. The molecule has 5 heteroatoms. The molecule has 0 spiro atoms. The Kier molecular flexibility index (Phi) is 2.07. The molecule has 0 atom stereocenters. The minimum Gasteiger partial charge on any atom is -0.361 e. The van der Waals surface area contributed by atoms with E-state index in [4.69, 9.17) is 0 Å². The summed E-state index contributed by atoms with van der Waals surface area (Å²) in [6.45, 7) is 2.96. The van der Waals surface area contributed by atoms with Crippen LogP contribution in [0.25, 0.3) is 11.2 Å². The quantitative estimate of drug-likeness (QED) is 0.708. The first-order valence-corrected chi connectivity index (χ1v) is 4.57. The lowest BCUT2D eigenvalue weighted by Crippen LogP contribution is -2.12. The van der Waals surface area contributed by atoms with Crippen molar-refractivity contribution in [2.24, 2.45) is 0 Å². The molecule has 0 saturated heterocycles. The summed E-state index contributed by atoms with van der Waals surface area (Å²) < 4.78 is 2.05. The number of rotatable bonds is 2. The Morgan fingerprint density at radius 2 is 2.07 bits per heavy atom. The zero-order valence-electron chi connectivity index (χ0n) is 8.60. The van der Waals surface area contributed by atoms with Gasteiger partial charge in [-0.15, -0.1) is 0 Å². The fourth-order valence-electron chi connectivity index (χ4n) is 1.46. The fourth-order valence-corrected chi connectivity index (χ4v) is 1.46. The van der Waals surface area contributed by atoms with Crippen molar-refractivity contribution >= 4 is 17.0 Å². The monoisotopic (exact) mass is 191 g/mol. The Hall–Kier alpha value is -1.65. The molecular formula is C9H13N5. The molecular weight excluding hydrogens is 178 g/mol. The van der Waals surface area contributed by atoms with Gasteiger partial charge in [0, 0.05) is 20.6 Å². The van der Waals surface area contributed by atoms with Crippen LogP contribution in [0.1, 0.15) is 6.92 Å². The maximum atomic E-state index is 4.24. The summed E-state index contributed by atoms with van der Waals surface area (Å²) in [6.07, 6.45) is 3.34. The maximum Gasteiger partial charge on any atom is 0.182 e. The zero-order chi connectivity index (χ0) is 10.1. The lowest BCUT2D eigenvalue weighted by atomic mass is 10.4. The molecule has 74 valence electrons. The Bertz CT molecular complexity index is 445. The highest BCUT2D eigenvalue weighted by Gasteiger charge is 2.10. The summed E-state index contributed by atoms with van der Waals surface area (Å²) in [5.41, 5.74) is 1.76. The van der Waals surface area contributed by atoms with Crippen LogP contribution < -0.4 is 4.90 Å². The molecule has 0 aliphatic heterocycles. The molecule has 14 heavy (non-hydrogen) atoms. The van der Waals surface area contributed by atoms with Crippen molar-refractivity contribution < 1.29 is 0 Å². The third-order valence-electron chi connectivity index (χ3n) is 2.15. The SMILES string of the molecule is CCn1cnc2ncnc(N(C)C)c21. The molecule has 2 aromatic rings. The third kappa shape index (κ3) is 1.21. The number of fused-ring (bicyclic) bond motifs is 1. The van der Waals surface area contributed by atoms with Gasteiger partial charge < -0.3 is 9.47 Å². The highest BCUT2D eigenvalue weighted by atomic mass is 15.2. The first kappa shape index (κ1) is 8.93. The smallest absolute Gasteiger partial charge is 0.182 e. The van der Waals surface area contributed by atoms with Crippen LogP contribution in [0.3, 0.4) is 0 Å². The summed E-state index contributed by atoms with van der Waals surface area (Å²) in [5.74, 6) is 0.911. The van der Waals surface area contributed by atoms with Crippen LogP contribution in [-0.4, -0.2) is 33.6 Å². The second-order valence-electron chi connectivity index (χ2n) is 3.29. The molecule has 0 radical (unpaired) electrons. The number of hydrogen-bond donors (Lipinski definition) is 0. The van der Waals surface area contributed by atoms with Crippen molar-refractivity contribution in [3.05, 3.63) is 12.7 Å². The Morgan fingerprint density at radius 1 is 1.29 bits per heavy atom. The molecule has 0 aromatic carbocycles. The molecule has 2 aromatic heterocycles. The van der Waals surface area contributed by atoms with Crippen molar-refractivity contribution in [1.29, 1.82) is 0 Å². The van der Waals surface area contributed by atoms with Gasteiger partial charge in [0.1, 0.15) is 11.8 Å². The average molecular weight is 191 g/mol. The maximum absolute atomic E-state index is 4.24. The number of aryl methyl sites for hydroxylation is 1. The standard InChI is InChI=1S/C9H13N5/c1-4-14-6-12-8-7(14)9(13(2)3)11-5-10-8/h5-6H,4H2,1-3H3. The molecule has 2 rings (SSSR count).